The van der Waals surface area contributed by atoms with E-state index in [-0.39, 0.29) is 0 Å². The molecule has 0 spiro atoms. The van der Waals surface area contributed by atoms with Crippen molar-refractivity contribution in [3.8, 4) is 5.69 Å². The minimum Gasteiger partial charge on any atom is -0.278 e. The number of alkyl halides is 1. The van der Waals surface area contributed by atoms with Gasteiger partial charge in [-0.15, -0.1) is 11.6 Å². The van der Waals surface area contributed by atoms with E-state index in [0.29, 0.717) is 10.9 Å². The molecule has 3 nitrogen and oxygen atoms in total. The summed E-state index contributed by atoms with van der Waals surface area (Å²) < 4.78 is 1.91. The summed E-state index contributed by atoms with van der Waals surface area (Å²) >= 11 is 12.3. The Labute approximate surface area is 120 Å². The third-order valence-electron chi connectivity index (χ3n) is 2.95. The largest absolute Gasteiger partial charge is 0.278 e. The molecule has 0 N–H and O–H groups in total. The molecule has 0 amide bonds. The molecule has 0 aliphatic rings. The summed E-state index contributed by atoms with van der Waals surface area (Å²) in [5.41, 5.74) is 3.57. The zero-order chi connectivity index (χ0) is 13.4. The van der Waals surface area contributed by atoms with E-state index in [4.69, 9.17) is 23.2 Å². The molecule has 0 aliphatic heterocycles. The number of benzene rings is 1. The van der Waals surface area contributed by atoms with Crippen LogP contribution in [0, 0.1) is 6.92 Å². The third-order valence-corrected chi connectivity index (χ3v) is 3.51. The number of fused-ring (bicyclic) bond motifs is 1. The molecule has 1 aromatic carbocycles. The number of hydrogen-bond donors (Lipinski definition) is 0. The summed E-state index contributed by atoms with van der Waals surface area (Å²) in [5, 5.41) is 0.655. The Morgan fingerprint density at radius 3 is 2.89 bits per heavy atom. The van der Waals surface area contributed by atoms with Crippen molar-refractivity contribution in [3.63, 3.8) is 0 Å². The average Bonchev–Trinajstić information content (AvgIpc) is 2.80. The van der Waals surface area contributed by atoms with Crippen LogP contribution in [0.25, 0.3) is 16.9 Å². The summed E-state index contributed by atoms with van der Waals surface area (Å²) in [6.45, 7) is 2.02. The first-order valence-electron chi connectivity index (χ1n) is 5.85. The van der Waals surface area contributed by atoms with E-state index < -0.39 is 0 Å². The van der Waals surface area contributed by atoms with Crippen molar-refractivity contribution in [1.29, 1.82) is 0 Å². The van der Waals surface area contributed by atoms with Crippen LogP contribution in [0.4, 0.5) is 0 Å². The fourth-order valence-corrected chi connectivity index (χ4v) is 2.48. The molecule has 0 saturated carbocycles. The second-order valence-corrected chi connectivity index (χ2v) is 4.97. The van der Waals surface area contributed by atoms with Crippen molar-refractivity contribution in [1.82, 2.24) is 14.5 Å². The van der Waals surface area contributed by atoms with Crippen molar-refractivity contribution in [2.24, 2.45) is 0 Å². The molecular formula is C14H11Cl2N3. The number of nitrogens with zero attached hydrogens (tertiary/aromatic N) is 3. The molecule has 0 radical (unpaired) electrons. The van der Waals surface area contributed by atoms with Gasteiger partial charge < -0.3 is 0 Å². The molecule has 2 heterocycles. The Bertz CT molecular complexity index is 750. The maximum absolute atomic E-state index is 6.30. The predicted molar refractivity (Wildman–Crippen MR) is 78.2 cm³/mol. The fourth-order valence-electron chi connectivity index (χ4n) is 2.10. The van der Waals surface area contributed by atoms with Gasteiger partial charge in [-0.1, -0.05) is 17.7 Å². The van der Waals surface area contributed by atoms with E-state index in [1.165, 1.54) is 0 Å². The highest BCUT2D eigenvalue weighted by Crippen LogP contribution is 2.27. The van der Waals surface area contributed by atoms with Crippen LogP contribution in [0.2, 0.25) is 5.02 Å². The lowest BCUT2D eigenvalue weighted by atomic mass is 10.2. The van der Waals surface area contributed by atoms with Crippen LogP contribution in [0.15, 0.2) is 36.5 Å². The third kappa shape index (κ3) is 2.09. The molecule has 2 aromatic heterocycles. The monoisotopic (exact) mass is 291 g/mol. The zero-order valence-electron chi connectivity index (χ0n) is 10.3. The van der Waals surface area contributed by atoms with E-state index in [2.05, 4.69) is 9.97 Å². The summed E-state index contributed by atoms with van der Waals surface area (Å²) in [5.74, 6) is 1.04. The Hall–Kier alpha value is -1.58. The lowest BCUT2D eigenvalue weighted by molar-refractivity contribution is 0.968. The van der Waals surface area contributed by atoms with E-state index >= 15 is 0 Å². The lowest BCUT2D eigenvalue weighted by Gasteiger charge is -2.10. The maximum atomic E-state index is 6.30. The van der Waals surface area contributed by atoms with Crippen molar-refractivity contribution < 1.29 is 0 Å². The first-order valence-corrected chi connectivity index (χ1v) is 6.77. The van der Waals surface area contributed by atoms with Crippen LogP contribution < -0.4 is 0 Å². The number of imidazole rings is 1. The molecule has 96 valence electrons. The molecule has 0 bridgehead atoms. The SMILES string of the molecule is Cc1ccc(Cl)c(-n2c(CCl)nc3cccnc32)c1. The molecule has 5 heteroatoms. The number of aromatic nitrogens is 3. The second kappa shape index (κ2) is 4.83. The first kappa shape index (κ1) is 12.5. The van der Waals surface area contributed by atoms with Gasteiger partial charge in [-0.05, 0) is 36.8 Å². The van der Waals surface area contributed by atoms with Gasteiger partial charge in [0, 0.05) is 6.20 Å². The number of pyridine rings is 1. The van der Waals surface area contributed by atoms with Gasteiger partial charge in [0.05, 0.1) is 16.6 Å². The number of rotatable bonds is 2. The van der Waals surface area contributed by atoms with Crippen LogP contribution in [0.3, 0.4) is 0 Å². The predicted octanol–water partition coefficient (Wildman–Crippen LogP) is 4.12. The Morgan fingerprint density at radius 2 is 2.11 bits per heavy atom. The molecule has 0 unspecified atom stereocenters. The fraction of sp³-hybridized carbons (Fsp3) is 0.143. The lowest BCUT2D eigenvalue weighted by Crippen LogP contribution is -2.01. The van der Waals surface area contributed by atoms with Gasteiger partial charge in [0.15, 0.2) is 5.65 Å². The molecule has 3 rings (SSSR count). The van der Waals surface area contributed by atoms with Gasteiger partial charge in [-0.2, -0.15) is 0 Å². The van der Waals surface area contributed by atoms with E-state index in [1.54, 1.807) is 6.20 Å². The zero-order valence-corrected chi connectivity index (χ0v) is 11.8. The number of aryl methyl sites for hydroxylation is 1. The first-order chi connectivity index (χ1) is 9.20. The quantitative estimate of drug-likeness (QED) is 0.665. The normalized spacial score (nSPS) is 11.1. The topological polar surface area (TPSA) is 30.7 Å². The highest BCUT2D eigenvalue weighted by molar-refractivity contribution is 6.32. The van der Waals surface area contributed by atoms with E-state index in [0.717, 1.165) is 28.2 Å². The van der Waals surface area contributed by atoms with Gasteiger partial charge in [0.2, 0.25) is 0 Å². The highest BCUT2D eigenvalue weighted by atomic mass is 35.5. The average molecular weight is 292 g/mol. The van der Waals surface area contributed by atoms with Crippen molar-refractivity contribution in [2.75, 3.05) is 0 Å². The molecule has 19 heavy (non-hydrogen) atoms. The molecule has 0 aliphatic carbocycles. The highest BCUT2D eigenvalue weighted by Gasteiger charge is 2.14. The summed E-state index contributed by atoms with van der Waals surface area (Å²) in [6.07, 6.45) is 1.74. The van der Waals surface area contributed by atoms with Crippen LogP contribution >= 0.6 is 23.2 Å². The minimum atomic E-state index is 0.306. The van der Waals surface area contributed by atoms with Crippen LogP contribution in [-0.4, -0.2) is 14.5 Å². The van der Waals surface area contributed by atoms with Crippen LogP contribution in [-0.2, 0) is 5.88 Å². The Balaban J connectivity index is 2.37. The molecular weight excluding hydrogens is 281 g/mol. The van der Waals surface area contributed by atoms with Crippen molar-refractivity contribution in [2.45, 2.75) is 12.8 Å². The van der Waals surface area contributed by atoms with Gasteiger partial charge in [0.25, 0.3) is 0 Å². The standard InChI is InChI=1S/C14H11Cl2N3/c1-9-4-5-10(16)12(7-9)19-13(8-15)18-11-3-2-6-17-14(11)19/h2-7H,8H2,1H3. The maximum Gasteiger partial charge on any atom is 0.164 e. The number of halogens is 2. The van der Waals surface area contributed by atoms with Gasteiger partial charge in [-0.25, -0.2) is 9.97 Å². The molecule has 0 atom stereocenters. The molecule has 0 saturated heterocycles. The van der Waals surface area contributed by atoms with Crippen molar-refractivity contribution in [3.05, 3.63) is 52.9 Å². The Morgan fingerprint density at radius 1 is 1.26 bits per heavy atom. The Kier molecular flexibility index (Phi) is 3.17. The van der Waals surface area contributed by atoms with Gasteiger partial charge in [0.1, 0.15) is 11.3 Å². The number of hydrogen-bond acceptors (Lipinski definition) is 2. The van der Waals surface area contributed by atoms with Crippen LogP contribution in [0.5, 0.6) is 0 Å². The van der Waals surface area contributed by atoms with Crippen LogP contribution in [0.1, 0.15) is 11.4 Å². The van der Waals surface area contributed by atoms with E-state index in [1.807, 2.05) is 41.8 Å². The van der Waals surface area contributed by atoms with Gasteiger partial charge >= 0.3 is 0 Å². The van der Waals surface area contributed by atoms with E-state index in [9.17, 15) is 0 Å². The van der Waals surface area contributed by atoms with Crippen molar-refractivity contribution >= 4 is 34.4 Å². The second-order valence-electron chi connectivity index (χ2n) is 4.30. The summed E-state index contributed by atoms with van der Waals surface area (Å²) in [6, 6.07) is 9.63. The minimum absolute atomic E-state index is 0.306. The summed E-state index contributed by atoms with van der Waals surface area (Å²) in [4.78, 5) is 8.87. The molecule has 3 aromatic rings. The van der Waals surface area contributed by atoms with Gasteiger partial charge in [-0.3, -0.25) is 4.57 Å². The smallest absolute Gasteiger partial charge is 0.164 e. The summed E-state index contributed by atoms with van der Waals surface area (Å²) in [7, 11) is 0. The molecule has 0 fully saturated rings.